The monoisotopic (exact) mass is 221 g/mol. The summed E-state index contributed by atoms with van der Waals surface area (Å²) in [5.74, 6) is 1.86. The standard InChI is InChI=1S/C13H23N3/c1-9(2)11-8-12(10(3)4)16-13(15-11)6-5-7-14/h8-10H,5-7,14H2,1-4H3. The van der Waals surface area contributed by atoms with Crippen LogP contribution in [0.15, 0.2) is 6.07 Å². The molecule has 3 heteroatoms. The molecule has 2 N–H and O–H groups in total. The van der Waals surface area contributed by atoms with Gasteiger partial charge in [0.2, 0.25) is 0 Å². The van der Waals surface area contributed by atoms with E-state index < -0.39 is 0 Å². The van der Waals surface area contributed by atoms with E-state index in [1.807, 2.05) is 0 Å². The third-order valence-corrected chi connectivity index (χ3v) is 2.60. The fourth-order valence-electron chi connectivity index (χ4n) is 1.50. The lowest BCUT2D eigenvalue weighted by Gasteiger charge is -2.12. The zero-order valence-corrected chi connectivity index (χ0v) is 10.8. The topological polar surface area (TPSA) is 51.8 Å². The molecule has 0 atom stereocenters. The van der Waals surface area contributed by atoms with Crippen molar-refractivity contribution < 1.29 is 0 Å². The zero-order chi connectivity index (χ0) is 12.1. The van der Waals surface area contributed by atoms with Gasteiger partial charge in [-0.25, -0.2) is 9.97 Å². The van der Waals surface area contributed by atoms with Crippen LogP contribution in [-0.4, -0.2) is 16.5 Å². The molecule has 0 aliphatic rings. The van der Waals surface area contributed by atoms with E-state index in [0.29, 0.717) is 18.4 Å². The molecular weight excluding hydrogens is 198 g/mol. The summed E-state index contributed by atoms with van der Waals surface area (Å²) in [6.45, 7) is 9.36. The maximum absolute atomic E-state index is 5.52. The maximum Gasteiger partial charge on any atom is 0.128 e. The van der Waals surface area contributed by atoms with Gasteiger partial charge in [-0.15, -0.1) is 0 Å². The van der Waals surface area contributed by atoms with Crippen molar-refractivity contribution in [2.45, 2.75) is 52.4 Å². The second-order valence-electron chi connectivity index (χ2n) is 4.84. The van der Waals surface area contributed by atoms with Crippen LogP contribution in [0.5, 0.6) is 0 Å². The van der Waals surface area contributed by atoms with Gasteiger partial charge < -0.3 is 5.73 Å². The number of aromatic nitrogens is 2. The lowest BCUT2D eigenvalue weighted by atomic mass is 10.0. The molecule has 0 aliphatic heterocycles. The van der Waals surface area contributed by atoms with Crippen LogP contribution < -0.4 is 5.73 Å². The molecule has 1 rings (SSSR count). The molecule has 16 heavy (non-hydrogen) atoms. The number of nitrogens with two attached hydrogens (primary N) is 1. The van der Waals surface area contributed by atoms with Crippen LogP contribution >= 0.6 is 0 Å². The summed E-state index contributed by atoms with van der Waals surface area (Å²) in [5, 5.41) is 0. The number of hydrogen-bond donors (Lipinski definition) is 1. The van der Waals surface area contributed by atoms with Gasteiger partial charge in [-0.05, 0) is 30.9 Å². The molecule has 1 aromatic rings. The lowest BCUT2D eigenvalue weighted by molar-refractivity contribution is 0.709. The Morgan fingerprint density at radius 2 is 1.56 bits per heavy atom. The molecule has 0 aliphatic carbocycles. The quantitative estimate of drug-likeness (QED) is 0.831. The predicted octanol–water partition coefficient (Wildman–Crippen LogP) is 2.61. The summed E-state index contributed by atoms with van der Waals surface area (Å²) < 4.78 is 0. The molecule has 0 radical (unpaired) electrons. The molecule has 0 fully saturated rings. The molecule has 1 heterocycles. The Bertz CT molecular complexity index is 306. The Morgan fingerprint density at radius 3 is 1.94 bits per heavy atom. The molecule has 90 valence electrons. The number of rotatable bonds is 5. The fraction of sp³-hybridized carbons (Fsp3) is 0.692. The summed E-state index contributed by atoms with van der Waals surface area (Å²) in [6, 6.07) is 2.13. The van der Waals surface area contributed by atoms with Crippen molar-refractivity contribution in [3.05, 3.63) is 23.3 Å². The minimum atomic E-state index is 0.456. The Hall–Kier alpha value is -0.960. The van der Waals surface area contributed by atoms with Crippen molar-refractivity contribution in [1.82, 2.24) is 9.97 Å². The molecule has 0 unspecified atom stereocenters. The van der Waals surface area contributed by atoms with Crippen LogP contribution in [0.4, 0.5) is 0 Å². The summed E-state index contributed by atoms with van der Waals surface area (Å²) in [7, 11) is 0. The van der Waals surface area contributed by atoms with E-state index in [4.69, 9.17) is 5.73 Å². The van der Waals surface area contributed by atoms with Crippen LogP contribution in [0.2, 0.25) is 0 Å². The maximum atomic E-state index is 5.52. The van der Waals surface area contributed by atoms with E-state index in [9.17, 15) is 0 Å². The summed E-state index contributed by atoms with van der Waals surface area (Å²) >= 11 is 0. The van der Waals surface area contributed by atoms with Gasteiger partial charge in [-0.3, -0.25) is 0 Å². The molecular formula is C13H23N3. The van der Waals surface area contributed by atoms with Crippen molar-refractivity contribution >= 4 is 0 Å². The van der Waals surface area contributed by atoms with E-state index in [1.165, 1.54) is 0 Å². The predicted molar refractivity (Wildman–Crippen MR) is 67.6 cm³/mol. The van der Waals surface area contributed by atoms with E-state index in [-0.39, 0.29) is 0 Å². The molecule has 1 aromatic heterocycles. The van der Waals surface area contributed by atoms with Gasteiger partial charge >= 0.3 is 0 Å². The Labute approximate surface area is 98.5 Å². The lowest BCUT2D eigenvalue weighted by Crippen LogP contribution is -2.08. The van der Waals surface area contributed by atoms with E-state index >= 15 is 0 Å². The zero-order valence-electron chi connectivity index (χ0n) is 10.8. The molecule has 3 nitrogen and oxygen atoms in total. The first-order chi connectivity index (χ1) is 7.54. The Kier molecular flexibility index (Phi) is 4.87. The van der Waals surface area contributed by atoms with Gasteiger partial charge in [0.15, 0.2) is 0 Å². The van der Waals surface area contributed by atoms with Crippen LogP contribution in [-0.2, 0) is 6.42 Å². The normalized spacial score (nSPS) is 11.4. The number of hydrogen-bond acceptors (Lipinski definition) is 3. The molecule has 0 aromatic carbocycles. The van der Waals surface area contributed by atoms with Crippen LogP contribution in [0.1, 0.15) is 63.2 Å². The largest absolute Gasteiger partial charge is 0.330 e. The first-order valence-electron chi connectivity index (χ1n) is 6.12. The molecule has 0 amide bonds. The SMILES string of the molecule is CC(C)c1cc(C(C)C)nc(CCCN)n1. The Balaban J connectivity index is 2.99. The van der Waals surface area contributed by atoms with E-state index in [0.717, 1.165) is 30.1 Å². The van der Waals surface area contributed by atoms with Crippen molar-refractivity contribution in [3.8, 4) is 0 Å². The summed E-state index contributed by atoms with van der Waals surface area (Å²) in [5.41, 5.74) is 7.80. The average molecular weight is 221 g/mol. The Morgan fingerprint density at radius 1 is 1.06 bits per heavy atom. The molecule has 0 bridgehead atoms. The third kappa shape index (κ3) is 3.56. The highest BCUT2D eigenvalue weighted by Crippen LogP contribution is 2.18. The highest BCUT2D eigenvalue weighted by Gasteiger charge is 2.09. The number of aryl methyl sites for hydroxylation is 1. The highest BCUT2D eigenvalue weighted by molar-refractivity contribution is 5.16. The molecule has 0 saturated heterocycles. The second kappa shape index (κ2) is 5.94. The smallest absolute Gasteiger partial charge is 0.128 e. The van der Waals surface area contributed by atoms with Crippen LogP contribution in [0, 0.1) is 0 Å². The minimum absolute atomic E-state index is 0.456. The fourth-order valence-corrected chi connectivity index (χ4v) is 1.50. The van der Waals surface area contributed by atoms with Crippen LogP contribution in [0.3, 0.4) is 0 Å². The van der Waals surface area contributed by atoms with Crippen molar-refractivity contribution in [2.24, 2.45) is 5.73 Å². The van der Waals surface area contributed by atoms with Crippen molar-refractivity contribution in [1.29, 1.82) is 0 Å². The highest BCUT2D eigenvalue weighted by atomic mass is 14.9. The van der Waals surface area contributed by atoms with Crippen molar-refractivity contribution in [3.63, 3.8) is 0 Å². The van der Waals surface area contributed by atoms with E-state index in [2.05, 4.69) is 43.7 Å². The van der Waals surface area contributed by atoms with Gasteiger partial charge in [0, 0.05) is 17.8 Å². The van der Waals surface area contributed by atoms with Crippen LogP contribution in [0.25, 0.3) is 0 Å². The molecule has 0 saturated carbocycles. The first kappa shape index (κ1) is 13.1. The average Bonchev–Trinajstić information content (AvgIpc) is 2.25. The third-order valence-electron chi connectivity index (χ3n) is 2.60. The summed E-state index contributed by atoms with van der Waals surface area (Å²) in [6.07, 6.45) is 1.84. The van der Waals surface area contributed by atoms with Gasteiger partial charge in [0.25, 0.3) is 0 Å². The van der Waals surface area contributed by atoms with Gasteiger partial charge in [0.1, 0.15) is 5.82 Å². The van der Waals surface area contributed by atoms with Gasteiger partial charge in [-0.2, -0.15) is 0 Å². The van der Waals surface area contributed by atoms with E-state index in [1.54, 1.807) is 0 Å². The first-order valence-corrected chi connectivity index (χ1v) is 6.12. The molecule has 0 spiro atoms. The second-order valence-corrected chi connectivity index (χ2v) is 4.84. The summed E-state index contributed by atoms with van der Waals surface area (Å²) in [4.78, 5) is 9.17. The van der Waals surface area contributed by atoms with Crippen molar-refractivity contribution in [2.75, 3.05) is 6.54 Å². The van der Waals surface area contributed by atoms with Gasteiger partial charge in [0.05, 0.1) is 0 Å². The van der Waals surface area contributed by atoms with Gasteiger partial charge in [-0.1, -0.05) is 27.7 Å². The number of nitrogens with zero attached hydrogens (tertiary/aromatic N) is 2. The minimum Gasteiger partial charge on any atom is -0.330 e.